The molecule has 0 saturated carbocycles. The van der Waals surface area contributed by atoms with Crippen LogP contribution in [0.3, 0.4) is 0 Å². The van der Waals surface area contributed by atoms with Gasteiger partial charge < -0.3 is 4.74 Å². The third-order valence-electron chi connectivity index (χ3n) is 5.12. The van der Waals surface area contributed by atoms with E-state index in [9.17, 15) is 13.2 Å². The van der Waals surface area contributed by atoms with Crippen molar-refractivity contribution in [2.75, 3.05) is 10.8 Å². The Morgan fingerprint density at radius 3 is 2.14 bits per heavy atom. The van der Waals surface area contributed by atoms with Crippen molar-refractivity contribution < 1.29 is 17.9 Å². The molecule has 0 atom stereocenters. The molecule has 0 bridgehead atoms. The summed E-state index contributed by atoms with van der Waals surface area (Å²) < 4.78 is 33.5. The van der Waals surface area contributed by atoms with Gasteiger partial charge in [-0.1, -0.05) is 44.2 Å². The molecule has 7 nitrogen and oxygen atoms in total. The van der Waals surface area contributed by atoms with E-state index in [-0.39, 0.29) is 11.0 Å². The molecule has 0 saturated heterocycles. The zero-order valence-electron chi connectivity index (χ0n) is 20.4. The van der Waals surface area contributed by atoms with Crippen molar-refractivity contribution >= 4 is 27.8 Å². The van der Waals surface area contributed by atoms with Crippen molar-refractivity contribution in [1.82, 2.24) is 5.43 Å². The van der Waals surface area contributed by atoms with E-state index in [1.165, 1.54) is 18.3 Å². The van der Waals surface area contributed by atoms with Gasteiger partial charge in [0.1, 0.15) is 12.3 Å². The van der Waals surface area contributed by atoms with Crippen LogP contribution in [0.4, 0.5) is 5.69 Å². The standard InChI is InChI=1S/C27H31N3O4S/c1-20(2)23-12-14-24(15-13-23)30(35(32,33)26-8-6-5-7-9-26)19-27(31)29-28-18-22-10-16-25(17-11-22)34-21(3)4/h5-18,20-21H,19H2,1-4H3,(H,29,31)/b28-18-. The number of nitrogens with one attached hydrogen (secondary N) is 1. The first-order chi connectivity index (χ1) is 16.7. The highest BCUT2D eigenvalue weighted by molar-refractivity contribution is 7.92. The third kappa shape index (κ3) is 7.16. The van der Waals surface area contributed by atoms with Crippen molar-refractivity contribution in [3.63, 3.8) is 0 Å². The van der Waals surface area contributed by atoms with Crippen molar-refractivity contribution in [3.05, 3.63) is 90.0 Å². The number of hydrogen-bond donors (Lipinski definition) is 1. The largest absolute Gasteiger partial charge is 0.491 e. The Kier molecular flexibility index (Phi) is 8.65. The molecule has 0 aliphatic carbocycles. The van der Waals surface area contributed by atoms with Gasteiger partial charge in [-0.05, 0) is 79.4 Å². The summed E-state index contributed by atoms with van der Waals surface area (Å²) in [6, 6.07) is 22.5. The fourth-order valence-electron chi connectivity index (χ4n) is 3.31. The number of nitrogens with zero attached hydrogens (tertiary/aromatic N) is 2. The number of hydrogen-bond acceptors (Lipinski definition) is 5. The molecular formula is C27H31N3O4S. The number of amides is 1. The van der Waals surface area contributed by atoms with Crippen LogP contribution in [0.25, 0.3) is 0 Å². The van der Waals surface area contributed by atoms with Crippen LogP contribution in [0.15, 0.2) is 88.9 Å². The molecule has 0 spiro atoms. The van der Waals surface area contributed by atoms with Crippen LogP contribution in [0.2, 0.25) is 0 Å². The summed E-state index contributed by atoms with van der Waals surface area (Å²) in [5.74, 6) is 0.478. The van der Waals surface area contributed by atoms with Crippen LogP contribution in [-0.4, -0.2) is 33.2 Å². The second kappa shape index (κ2) is 11.7. The zero-order valence-corrected chi connectivity index (χ0v) is 21.2. The fraction of sp³-hybridized carbons (Fsp3) is 0.259. The molecule has 0 aliphatic rings. The predicted molar refractivity (Wildman–Crippen MR) is 139 cm³/mol. The van der Waals surface area contributed by atoms with Gasteiger partial charge in [0, 0.05) is 0 Å². The van der Waals surface area contributed by atoms with Gasteiger partial charge in [-0.2, -0.15) is 5.10 Å². The van der Waals surface area contributed by atoms with Crippen LogP contribution in [-0.2, 0) is 14.8 Å². The van der Waals surface area contributed by atoms with Gasteiger partial charge in [0.15, 0.2) is 0 Å². The minimum atomic E-state index is -3.97. The smallest absolute Gasteiger partial charge is 0.264 e. The first-order valence-electron chi connectivity index (χ1n) is 11.4. The van der Waals surface area contributed by atoms with Crippen LogP contribution in [0.1, 0.15) is 44.7 Å². The van der Waals surface area contributed by atoms with Gasteiger partial charge in [0.05, 0.1) is 22.9 Å². The lowest BCUT2D eigenvalue weighted by Gasteiger charge is -2.24. The second-order valence-corrected chi connectivity index (χ2v) is 10.5. The lowest BCUT2D eigenvalue weighted by molar-refractivity contribution is -0.119. The molecule has 184 valence electrons. The molecule has 1 N–H and O–H groups in total. The van der Waals surface area contributed by atoms with Crippen molar-refractivity contribution in [3.8, 4) is 5.75 Å². The van der Waals surface area contributed by atoms with E-state index in [1.807, 2.05) is 50.2 Å². The van der Waals surface area contributed by atoms with E-state index in [0.29, 0.717) is 11.6 Å². The Labute approximate surface area is 207 Å². The number of carbonyl (C=O) groups excluding carboxylic acids is 1. The minimum absolute atomic E-state index is 0.0745. The Morgan fingerprint density at radius 2 is 1.57 bits per heavy atom. The molecule has 0 unspecified atom stereocenters. The number of rotatable bonds is 10. The molecule has 0 aliphatic heterocycles. The average molecular weight is 494 g/mol. The molecule has 3 aromatic rings. The van der Waals surface area contributed by atoms with Gasteiger partial charge >= 0.3 is 0 Å². The molecule has 8 heteroatoms. The first kappa shape index (κ1) is 26.0. The SMILES string of the molecule is CC(C)Oc1ccc(/C=N\NC(=O)CN(c2ccc(C(C)C)cc2)S(=O)(=O)c2ccccc2)cc1. The Bertz CT molecular complexity index is 1240. The van der Waals surface area contributed by atoms with E-state index < -0.39 is 22.5 Å². The van der Waals surface area contributed by atoms with Crippen LogP contribution in [0, 0.1) is 0 Å². The number of benzene rings is 3. The van der Waals surface area contributed by atoms with Gasteiger partial charge in [-0.25, -0.2) is 13.8 Å². The molecule has 0 heterocycles. The van der Waals surface area contributed by atoms with Crippen molar-refractivity contribution in [2.45, 2.75) is 44.6 Å². The van der Waals surface area contributed by atoms with Gasteiger partial charge in [0.25, 0.3) is 15.9 Å². The Balaban J connectivity index is 1.77. The van der Waals surface area contributed by atoms with E-state index in [4.69, 9.17) is 4.74 Å². The fourth-order valence-corrected chi connectivity index (χ4v) is 4.75. The maximum atomic E-state index is 13.4. The number of carbonyl (C=O) groups is 1. The molecule has 0 fully saturated rings. The lowest BCUT2D eigenvalue weighted by atomic mass is 10.0. The van der Waals surface area contributed by atoms with E-state index in [2.05, 4.69) is 24.4 Å². The molecular weight excluding hydrogens is 462 g/mol. The maximum absolute atomic E-state index is 13.4. The zero-order chi connectivity index (χ0) is 25.4. The summed E-state index contributed by atoms with van der Waals surface area (Å²) in [6.07, 6.45) is 1.57. The minimum Gasteiger partial charge on any atom is -0.491 e. The summed E-state index contributed by atoms with van der Waals surface area (Å²) in [5, 5.41) is 3.98. The number of ether oxygens (including phenoxy) is 1. The number of sulfonamides is 1. The third-order valence-corrected chi connectivity index (χ3v) is 6.91. The summed E-state index contributed by atoms with van der Waals surface area (Å²) in [7, 11) is -3.97. The van der Waals surface area contributed by atoms with Gasteiger partial charge in [-0.15, -0.1) is 0 Å². The van der Waals surface area contributed by atoms with Gasteiger partial charge in [0.2, 0.25) is 0 Å². The Morgan fingerprint density at radius 1 is 0.943 bits per heavy atom. The topological polar surface area (TPSA) is 88.1 Å². The van der Waals surface area contributed by atoms with Crippen molar-refractivity contribution in [2.24, 2.45) is 5.10 Å². The van der Waals surface area contributed by atoms with Crippen LogP contribution < -0.4 is 14.5 Å². The lowest BCUT2D eigenvalue weighted by Crippen LogP contribution is -2.39. The molecule has 0 aromatic heterocycles. The quantitative estimate of drug-likeness (QED) is 0.320. The Hall–Kier alpha value is -3.65. The van der Waals surface area contributed by atoms with Gasteiger partial charge in [-0.3, -0.25) is 9.10 Å². The molecule has 35 heavy (non-hydrogen) atoms. The van der Waals surface area contributed by atoms with Crippen LogP contribution >= 0.6 is 0 Å². The summed E-state index contributed by atoms with van der Waals surface area (Å²) in [5.41, 5.74) is 4.66. The molecule has 3 aromatic carbocycles. The first-order valence-corrected chi connectivity index (χ1v) is 12.9. The molecule has 3 rings (SSSR count). The second-order valence-electron chi connectivity index (χ2n) is 8.60. The highest BCUT2D eigenvalue weighted by atomic mass is 32.2. The summed E-state index contributed by atoms with van der Waals surface area (Å²) in [6.45, 7) is 7.60. The molecule has 0 radical (unpaired) electrons. The number of anilines is 1. The summed E-state index contributed by atoms with van der Waals surface area (Å²) in [4.78, 5) is 12.8. The highest BCUT2D eigenvalue weighted by Crippen LogP contribution is 2.25. The van der Waals surface area contributed by atoms with Crippen LogP contribution in [0.5, 0.6) is 5.75 Å². The monoisotopic (exact) mass is 493 g/mol. The van der Waals surface area contributed by atoms with Crippen molar-refractivity contribution in [1.29, 1.82) is 0 Å². The maximum Gasteiger partial charge on any atom is 0.264 e. The van der Waals surface area contributed by atoms with E-state index in [1.54, 1.807) is 30.3 Å². The van der Waals surface area contributed by atoms with E-state index in [0.717, 1.165) is 21.2 Å². The average Bonchev–Trinajstić information content (AvgIpc) is 2.84. The highest BCUT2D eigenvalue weighted by Gasteiger charge is 2.27. The van der Waals surface area contributed by atoms with E-state index >= 15 is 0 Å². The molecule has 1 amide bonds. The summed E-state index contributed by atoms with van der Waals surface area (Å²) >= 11 is 0. The predicted octanol–water partition coefficient (Wildman–Crippen LogP) is 4.94. The normalized spacial score (nSPS) is 11.7. The number of hydrazone groups is 1.